The molecule has 1 aliphatic rings. The number of amides is 1. The summed E-state index contributed by atoms with van der Waals surface area (Å²) in [6.45, 7) is 2.81. The number of piperazine rings is 1. The van der Waals surface area contributed by atoms with E-state index in [2.05, 4.69) is 25.1 Å². The van der Waals surface area contributed by atoms with Crippen molar-refractivity contribution in [2.24, 2.45) is 0 Å². The molecule has 0 spiro atoms. The number of carbonyl (C=O) groups is 1. The van der Waals surface area contributed by atoms with Crippen molar-refractivity contribution in [1.82, 2.24) is 25.1 Å². The maximum Gasteiger partial charge on any atom is 0.253 e. The molecule has 3 heterocycles. The van der Waals surface area contributed by atoms with E-state index in [0.717, 1.165) is 30.3 Å². The van der Waals surface area contributed by atoms with Crippen LogP contribution in [0.5, 0.6) is 0 Å². The lowest BCUT2D eigenvalue weighted by molar-refractivity contribution is 0.0746. The molecule has 7 nitrogen and oxygen atoms in total. The summed E-state index contributed by atoms with van der Waals surface area (Å²) in [5.74, 6) is 0.781. The highest BCUT2D eigenvalue weighted by atomic mass is 16.2. The quantitative estimate of drug-likeness (QED) is 0.791. The van der Waals surface area contributed by atoms with Crippen LogP contribution < -0.4 is 4.90 Å². The van der Waals surface area contributed by atoms with Gasteiger partial charge in [-0.2, -0.15) is 5.10 Å². The molecule has 1 saturated heterocycles. The van der Waals surface area contributed by atoms with Crippen molar-refractivity contribution in [2.45, 2.75) is 0 Å². The number of nitrogens with zero attached hydrogens (tertiary/aromatic N) is 5. The summed E-state index contributed by atoms with van der Waals surface area (Å²) in [7, 11) is 0. The molecule has 1 N–H and O–H groups in total. The van der Waals surface area contributed by atoms with Gasteiger partial charge in [-0.25, -0.2) is 9.97 Å². The third kappa shape index (κ3) is 3.21. The van der Waals surface area contributed by atoms with Crippen LogP contribution in [0.4, 0.5) is 5.95 Å². The van der Waals surface area contributed by atoms with Crippen molar-refractivity contribution in [1.29, 1.82) is 0 Å². The Labute approximate surface area is 145 Å². The fourth-order valence-electron chi connectivity index (χ4n) is 2.96. The van der Waals surface area contributed by atoms with Gasteiger partial charge < -0.3 is 9.80 Å². The molecule has 0 aliphatic carbocycles. The third-order valence-corrected chi connectivity index (χ3v) is 4.35. The topological polar surface area (TPSA) is 78.0 Å². The molecule has 1 aliphatic heterocycles. The maximum absolute atomic E-state index is 12.7. The van der Waals surface area contributed by atoms with Crippen molar-refractivity contribution >= 4 is 11.9 Å². The summed E-state index contributed by atoms with van der Waals surface area (Å²) in [6.07, 6.45) is 5.19. The molecule has 0 radical (unpaired) electrons. The Morgan fingerprint density at radius 1 is 0.920 bits per heavy atom. The smallest absolute Gasteiger partial charge is 0.253 e. The molecule has 1 aromatic carbocycles. The van der Waals surface area contributed by atoms with Gasteiger partial charge in [-0.05, 0) is 29.8 Å². The zero-order valence-electron chi connectivity index (χ0n) is 13.7. The van der Waals surface area contributed by atoms with Crippen molar-refractivity contribution in [3.63, 3.8) is 0 Å². The van der Waals surface area contributed by atoms with Crippen LogP contribution in [0.25, 0.3) is 11.3 Å². The first-order valence-electron chi connectivity index (χ1n) is 8.22. The number of benzene rings is 1. The first-order chi connectivity index (χ1) is 12.3. The number of aromatic nitrogens is 4. The lowest BCUT2D eigenvalue weighted by Crippen LogP contribution is -2.49. The zero-order chi connectivity index (χ0) is 17.1. The van der Waals surface area contributed by atoms with Crippen LogP contribution in [-0.4, -0.2) is 57.2 Å². The molecule has 2 aromatic heterocycles. The number of hydrogen-bond donors (Lipinski definition) is 1. The average molecular weight is 334 g/mol. The number of carbonyl (C=O) groups excluding carboxylic acids is 1. The summed E-state index contributed by atoms with van der Waals surface area (Å²) in [5, 5.41) is 6.87. The van der Waals surface area contributed by atoms with Gasteiger partial charge in [0.2, 0.25) is 5.95 Å². The molecule has 0 atom stereocenters. The highest BCUT2D eigenvalue weighted by Crippen LogP contribution is 2.18. The Hall–Kier alpha value is -3.22. The molecular formula is C18H18N6O. The van der Waals surface area contributed by atoms with E-state index >= 15 is 0 Å². The second-order valence-corrected chi connectivity index (χ2v) is 5.88. The van der Waals surface area contributed by atoms with E-state index in [9.17, 15) is 4.79 Å². The molecule has 0 unspecified atom stereocenters. The van der Waals surface area contributed by atoms with E-state index in [1.807, 2.05) is 35.2 Å². The average Bonchev–Trinajstić information content (AvgIpc) is 3.23. The van der Waals surface area contributed by atoms with Crippen LogP contribution >= 0.6 is 0 Å². The largest absolute Gasteiger partial charge is 0.337 e. The van der Waals surface area contributed by atoms with Gasteiger partial charge in [0.25, 0.3) is 5.91 Å². The van der Waals surface area contributed by atoms with E-state index in [0.29, 0.717) is 18.7 Å². The molecule has 0 bridgehead atoms. The second kappa shape index (κ2) is 6.72. The number of aromatic amines is 1. The summed E-state index contributed by atoms with van der Waals surface area (Å²) in [5.41, 5.74) is 2.66. The summed E-state index contributed by atoms with van der Waals surface area (Å²) < 4.78 is 0. The predicted molar refractivity (Wildman–Crippen MR) is 94.2 cm³/mol. The zero-order valence-corrected chi connectivity index (χ0v) is 13.7. The van der Waals surface area contributed by atoms with Crippen molar-refractivity contribution < 1.29 is 4.79 Å². The van der Waals surface area contributed by atoms with Gasteiger partial charge in [-0.1, -0.05) is 12.1 Å². The molecule has 126 valence electrons. The monoisotopic (exact) mass is 334 g/mol. The Morgan fingerprint density at radius 3 is 2.28 bits per heavy atom. The summed E-state index contributed by atoms with van der Waals surface area (Å²) >= 11 is 0. The van der Waals surface area contributed by atoms with Crippen LogP contribution in [0.15, 0.2) is 55.0 Å². The predicted octanol–water partition coefficient (Wildman–Crippen LogP) is 1.83. The molecule has 1 amide bonds. The Bertz CT molecular complexity index is 824. The Kier molecular flexibility index (Phi) is 4.12. The summed E-state index contributed by atoms with van der Waals surface area (Å²) in [4.78, 5) is 25.2. The third-order valence-electron chi connectivity index (χ3n) is 4.35. The number of nitrogens with one attached hydrogen (secondary N) is 1. The van der Waals surface area contributed by atoms with E-state index in [1.54, 1.807) is 24.7 Å². The molecule has 0 saturated carbocycles. The van der Waals surface area contributed by atoms with E-state index in [-0.39, 0.29) is 5.91 Å². The second-order valence-electron chi connectivity index (χ2n) is 5.88. The fraction of sp³-hybridized carbons (Fsp3) is 0.222. The van der Waals surface area contributed by atoms with Crippen LogP contribution in [-0.2, 0) is 0 Å². The first-order valence-corrected chi connectivity index (χ1v) is 8.22. The van der Waals surface area contributed by atoms with Gasteiger partial charge in [-0.15, -0.1) is 0 Å². The molecule has 1 fully saturated rings. The molecular weight excluding hydrogens is 316 g/mol. The molecule has 25 heavy (non-hydrogen) atoms. The lowest BCUT2D eigenvalue weighted by atomic mass is 10.1. The fourth-order valence-corrected chi connectivity index (χ4v) is 2.96. The van der Waals surface area contributed by atoms with Crippen molar-refractivity contribution in [2.75, 3.05) is 31.1 Å². The molecule has 7 heteroatoms. The normalized spacial score (nSPS) is 14.6. The van der Waals surface area contributed by atoms with Gasteiger partial charge in [0.15, 0.2) is 0 Å². The lowest BCUT2D eigenvalue weighted by Gasteiger charge is -2.34. The van der Waals surface area contributed by atoms with Gasteiger partial charge in [0.05, 0.1) is 5.69 Å². The van der Waals surface area contributed by atoms with Gasteiger partial charge in [-0.3, -0.25) is 9.89 Å². The van der Waals surface area contributed by atoms with Crippen molar-refractivity contribution in [3.8, 4) is 11.3 Å². The SMILES string of the molecule is O=C(c1ccc(-c2ccn[nH]2)cc1)N1CCN(c2ncccn2)CC1. The highest BCUT2D eigenvalue weighted by molar-refractivity contribution is 5.94. The van der Waals surface area contributed by atoms with Gasteiger partial charge in [0, 0.05) is 50.3 Å². The summed E-state index contributed by atoms with van der Waals surface area (Å²) in [6, 6.07) is 11.3. The standard InChI is InChI=1S/C18H18N6O/c25-17(15-4-2-14(3-5-15)16-6-9-21-22-16)23-10-12-24(13-11-23)18-19-7-1-8-20-18/h1-9H,10-13H2,(H,21,22). The van der Waals surface area contributed by atoms with Crippen LogP contribution in [0.1, 0.15) is 10.4 Å². The minimum absolute atomic E-state index is 0.0600. The molecule has 4 rings (SSSR count). The van der Waals surface area contributed by atoms with E-state index in [4.69, 9.17) is 0 Å². The van der Waals surface area contributed by atoms with Gasteiger partial charge >= 0.3 is 0 Å². The maximum atomic E-state index is 12.7. The van der Waals surface area contributed by atoms with Crippen LogP contribution in [0, 0.1) is 0 Å². The van der Waals surface area contributed by atoms with Crippen LogP contribution in [0.2, 0.25) is 0 Å². The van der Waals surface area contributed by atoms with Gasteiger partial charge in [0.1, 0.15) is 0 Å². The van der Waals surface area contributed by atoms with E-state index < -0.39 is 0 Å². The minimum atomic E-state index is 0.0600. The molecule has 3 aromatic rings. The number of hydrogen-bond acceptors (Lipinski definition) is 5. The van der Waals surface area contributed by atoms with E-state index in [1.165, 1.54) is 0 Å². The number of anilines is 1. The highest BCUT2D eigenvalue weighted by Gasteiger charge is 2.23. The Balaban J connectivity index is 1.40. The number of rotatable bonds is 3. The first kappa shape index (κ1) is 15.3. The Morgan fingerprint density at radius 2 is 1.64 bits per heavy atom. The van der Waals surface area contributed by atoms with Crippen molar-refractivity contribution in [3.05, 3.63) is 60.6 Å². The van der Waals surface area contributed by atoms with Crippen LogP contribution in [0.3, 0.4) is 0 Å². The minimum Gasteiger partial charge on any atom is -0.337 e. The number of H-pyrrole nitrogens is 1.